The molecule has 2 aromatic carbocycles. The number of hydrogen-bond donors (Lipinski definition) is 2. The van der Waals surface area contributed by atoms with Crippen molar-refractivity contribution in [1.29, 1.82) is 0 Å². The van der Waals surface area contributed by atoms with Gasteiger partial charge in [-0.15, -0.1) is 0 Å². The van der Waals surface area contributed by atoms with Gasteiger partial charge < -0.3 is 14.6 Å². The second kappa shape index (κ2) is 8.70. The standard InChI is InChI=1S/C20H15FN2O6S/c1-28-16-9-11(2-7-15(16)29-10-17(24)25)8-14-18(26)22-20(30)23(19(14)27)13-5-3-12(21)4-6-13/h2-9H,10H2,1H3,(H,24,25)(H,22,26,30). The largest absolute Gasteiger partial charge is 0.493 e. The molecule has 0 aromatic heterocycles. The Balaban J connectivity index is 1.94. The third-order valence-corrected chi connectivity index (χ3v) is 4.32. The molecule has 0 radical (unpaired) electrons. The number of carboxylic acids is 1. The summed E-state index contributed by atoms with van der Waals surface area (Å²) in [6, 6.07) is 9.56. The molecule has 0 bridgehead atoms. The van der Waals surface area contributed by atoms with Crippen LogP contribution < -0.4 is 19.7 Å². The molecule has 30 heavy (non-hydrogen) atoms. The molecule has 154 valence electrons. The van der Waals surface area contributed by atoms with Crippen LogP contribution >= 0.6 is 12.2 Å². The second-order valence-electron chi connectivity index (χ2n) is 6.03. The van der Waals surface area contributed by atoms with E-state index >= 15 is 0 Å². The molecule has 3 rings (SSSR count). The van der Waals surface area contributed by atoms with Crippen molar-refractivity contribution >= 4 is 46.9 Å². The zero-order valence-corrected chi connectivity index (χ0v) is 16.4. The number of amides is 2. The summed E-state index contributed by atoms with van der Waals surface area (Å²) < 4.78 is 23.5. The first-order chi connectivity index (χ1) is 14.3. The molecule has 1 saturated heterocycles. The van der Waals surface area contributed by atoms with Crippen LogP contribution in [0, 0.1) is 5.82 Å². The van der Waals surface area contributed by atoms with Gasteiger partial charge >= 0.3 is 5.97 Å². The number of carbonyl (C=O) groups excluding carboxylic acids is 2. The van der Waals surface area contributed by atoms with E-state index < -0.39 is 30.2 Å². The summed E-state index contributed by atoms with van der Waals surface area (Å²) in [7, 11) is 1.37. The lowest BCUT2D eigenvalue weighted by Crippen LogP contribution is -2.54. The van der Waals surface area contributed by atoms with E-state index in [4.69, 9.17) is 26.8 Å². The normalized spacial score (nSPS) is 15.2. The fraction of sp³-hybridized carbons (Fsp3) is 0.100. The summed E-state index contributed by atoms with van der Waals surface area (Å²) in [4.78, 5) is 37.0. The number of thiocarbonyl (C=S) groups is 1. The maximum Gasteiger partial charge on any atom is 0.341 e. The number of ether oxygens (including phenoxy) is 2. The first-order valence-electron chi connectivity index (χ1n) is 8.50. The highest BCUT2D eigenvalue weighted by Gasteiger charge is 2.34. The van der Waals surface area contributed by atoms with Gasteiger partial charge in [-0.3, -0.25) is 19.8 Å². The molecular formula is C20H15FN2O6S. The third kappa shape index (κ3) is 4.44. The van der Waals surface area contributed by atoms with Crippen molar-refractivity contribution in [2.75, 3.05) is 18.6 Å². The number of nitrogens with one attached hydrogen (secondary N) is 1. The number of aliphatic carboxylic acids is 1. The van der Waals surface area contributed by atoms with Gasteiger partial charge in [0.15, 0.2) is 23.2 Å². The number of carbonyl (C=O) groups is 3. The van der Waals surface area contributed by atoms with Gasteiger partial charge in [0.1, 0.15) is 11.4 Å². The van der Waals surface area contributed by atoms with Crippen LogP contribution in [0.5, 0.6) is 11.5 Å². The summed E-state index contributed by atoms with van der Waals surface area (Å²) in [5, 5.41) is 11.0. The Kier molecular flexibility index (Phi) is 6.07. The number of methoxy groups -OCH3 is 1. The van der Waals surface area contributed by atoms with Gasteiger partial charge in [0.05, 0.1) is 12.8 Å². The van der Waals surface area contributed by atoms with Crippen molar-refractivity contribution < 1.29 is 33.4 Å². The van der Waals surface area contributed by atoms with E-state index in [9.17, 15) is 18.8 Å². The van der Waals surface area contributed by atoms with Gasteiger partial charge in [-0.05, 0) is 60.3 Å². The van der Waals surface area contributed by atoms with Crippen LogP contribution in [0.4, 0.5) is 10.1 Å². The Morgan fingerprint density at radius 3 is 2.53 bits per heavy atom. The van der Waals surface area contributed by atoms with E-state index in [0.29, 0.717) is 11.3 Å². The average Bonchev–Trinajstić information content (AvgIpc) is 2.71. The molecule has 2 amide bonds. The van der Waals surface area contributed by atoms with Crippen molar-refractivity contribution in [2.45, 2.75) is 0 Å². The maximum atomic E-state index is 13.2. The molecule has 0 saturated carbocycles. The van der Waals surface area contributed by atoms with E-state index in [1.165, 1.54) is 55.7 Å². The highest BCUT2D eigenvalue weighted by Crippen LogP contribution is 2.30. The Morgan fingerprint density at radius 1 is 1.20 bits per heavy atom. The summed E-state index contributed by atoms with van der Waals surface area (Å²) in [6.07, 6.45) is 1.33. The van der Waals surface area contributed by atoms with Gasteiger partial charge in [-0.1, -0.05) is 6.07 Å². The quantitative estimate of drug-likeness (QED) is 0.411. The van der Waals surface area contributed by atoms with E-state index in [1.807, 2.05) is 0 Å². The highest BCUT2D eigenvalue weighted by molar-refractivity contribution is 7.80. The van der Waals surface area contributed by atoms with Crippen LogP contribution in [-0.2, 0) is 14.4 Å². The van der Waals surface area contributed by atoms with Crippen molar-refractivity contribution in [3.05, 3.63) is 59.4 Å². The Bertz CT molecular complexity index is 1070. The van der Waals surface area contributed by atoms with E-state index in [0.717, 1.165) is 4.90 Å². The fourth-order valence-corrected chi connectivity index (χ4v) is 2.96. The van der Waals surface area contributed by atoms with Crippen LogP contribution in [0.2, 0.25) is 0 Å². The minimum atomic E-state index is -1.15. The lowest BCUT2D eigenvalue weighted by molar-refractivity contribution is -0.139. The fourth-order valence-electron chi connectivity index (χ4n) is 2.68. The number of anilines is 1. The second-order valence-corrected chi connectivity index (χ2v) is 6.41. The monoisotopic (exact) mass is 430 g/mol. The molecular weight excluding hydrogens is 415 g/mol. The number of hydrogen-bond acceptors (Lipinski definition) is 6. The third-order valence-electron chi connectivity index (χ3n) is 4.04. The smallest absolute Gasteiger partial charge is 0.341 e. The Labute approximate surface area is 175 Å². The first-order valence-corrected chi connectivity index (χ1v) is 8.90. The number of carboxylic acid groups (broad SMARTS) is 1. The molecule has 0 spiro atoms. The molecule has 1 heterocycles. The minimum absolute atomic E-state index is 0.122. The van der Waals surface area contributed by atoms with Crippen LogP contribution in [0.15, 0.2) is 48.0 Å². The summed E-state index contributed by atoms with van der Waals surface area (Å²) in [5.41, 5.74) is 0.529. The SMILES string of the molecule is COc1cc(C=C2C(=O)NC(=S)N(c3ccc(F)cc3)C2=O)ccc1OCC(=O)O. The van der Waals surface area contributed by atoms with Crippen molar-refractivity contribution in [2.24, 2.45) is 0 Å². The minimum Gasteiger partial charge on any atom is -0.493 e. The van der Waals surface area contributed by atoms with Gasteiger partial charge in [-0.2, -0.15) is 0 Å². The molecule has 8 nitrogen and oxygen atoms in total. The predicted molar refractivity (Wildman–Crippen MR) is 109 cm³/mol. The van der Waals surface area contributed by atoms with Crippen molar-refractivity contribution in [3.63, 3.8) is 0 Å². The maximum absolute atomic E-state index is 13.2. The van der Waals surface area contributed by atoms with Crippen LogP contribution in [-0.4, -0.2) is 41.7 Å². The van der Waals surface area contributed by atoms with Gasteiger partial charge in [0.2, 0.25) is 0 Å². The van der Waals surface area contributed by atoms with E-state index in [-0.39, 0.29) is 22.2 Å². The van der Waals surface area contributed by atoms with Crippen LogP contribution in [0.1, 0.15) is 5.56 Å². The van der Waals surface area contributed by atoms with Gasteiger partial charge in [0, 0.05) is 0 Å². The lowest BCUT2D eigenvalue weighted by atomic mass is 10.1. The number of benzene rings is 2. The lowest BCUT2D eigenvalue weighted by Gasteiger charge is -2.28. The zero-order chi connectivity index (χ0) is 21.8. The molecule has 10 heteroatoms. The highest BCUT2D eigenvalue weighted by atomic mass is 32.1. The van der Waals surface area contributed by atoms with Crippen molar-refractivity contribution in [3.8, 4) is 11.5 Å². The first kappa shape index (κ1) is 20.9. The predicted octanol–water partition coefficient (Wildman–Crippen LogP) is 2.13. The number of nitrogens with zero attached hydrogens (tertiary/aromatic N) is 1. The molecule has 0 atom stereocenters. The summed E-state index contributed by atoms with van der Waals surface area (Å²) in [6.45, 7) is -0.554. The van der Waals surface area contributed by atoms with Gasteiger partial charge in [-0.25, -0.2) is 9.18 Å². The summed E-state index contributed by atoms with van der Waals surface area (Å²) in [5.74, 6) is -2.58. The van der Waals surface area contributed by atoms with E-state index in [2.05, 4.69) is 5.32 Å². The Hall–Kier alpha value is -3.79. The molecule has 2 N–H and O–H groups in total. The van der Waals surface area contributed by atoms with Crippen molar-refractivity contribution in [1.82, 2.24) is 5.32 Å². The number of rotatable bonds is 6. The molecule has 0 unspecified atom stereocenters. The molecule has 0 aliphatic carbocycles. The van der Waals surface area contributed by atoms with Crippen LogP contribution in [0.3, 0.4) is 0 Å². The van der Waals surface area contributed by atoms with Crippen LogP contribution in [0.25, 0.3) is 6.08 Å². The zero-order valence-electron chi connectivity index (χ0n) is 15.5. The topological polar surface area (TPSA) is 105 Å². The molecule has 1 aliphatic heterocycles. The molecule has 1 aliphatic rings. The molecule has 1 fully saturated rings. The Morgan fingerprint density at radius 2 is 1.90 bits per heavy atom. The van der Waals surface area contributed by atoms with E-state index in [1.54, 1.807) is 0 Å². The molecule has 2 aromatic rings. The summed E-state index contributed by atoms with van der Waals surface area (Å²) >= 11 is 5.09. The average molecular weight is 430 g/mol. The number of halogens is 1. The van der Waals surface area contributed by atoms with Gasteiger partial charge in [0.25, 0.3) is 11.8 Å².